The van der Waals surface area contributed by atoms with Crippen LogP contribution in [0.15, 0.2) is 0 Å². The molecule has 5 nitrogen and oxygen atoms in total. The minimum atomic E-state index is -0.381. The van der Waals surface area contributed by atoms with Gasteiger partial charge in [-0.1, -0.05) is 0 Å². The van der Waals surface area contributed by atoms with E-state index in [0.717, 1.165) is 6.42 Å². The van der Waals surface area contributed by atoms with Gasteiger partial charge in [0.1, 0.15) is 6.04 Å². The molecular formula is C11H16N2O3S. The number of aliphatic hydroxyl groups excluding tert-OH is 1. The van der Waals surface area contributed by atoms with Crippen molar-refractivity contribution in [3.63, 3.8) is 0 Å². The average molecular weight is 256 g/mol. The molecule has 6 heteroatoms. The first-order valence-corrected chi connectivity index (χ1v) is 6.93. The Morgan fingerprint density at radius 1 is 1.53 bits per heavy atom. The summed E-state index contributed by atoms with van der Waals surface area (Å²) in [4.78, 5) is 27.3. The molecule has 2 atom stereocenters. The van der Waals surface area contributed by atoms with Crippen LogP contribution < -0.4 is 0 Å². The predicted octanol–water partition coefficient (Wildman–Crippen LogP) is -0.357. The maximum atomic E-state index is 12.2. The van der Waals surface area contributed by atoms with E-state index >= 15 is 0 Å². The van der Waals surface area contributed by atoms with Crippen LogP contribution in [0.4, 0.5) is 0 Å². The van der Waals surface area contributed by atoms with Gasteiger partial charge in [-0.3, -0.25) is 9.59 Å². The summed E-state index contributed by atoms with van der Waals surface area (Å²) >= 11 is 1.70. The van der Waals surface area contributed by atoms with E-state index in [4.69, 9.17) is 0 Å². The van der Waals surface area contributed by atoms with Crippen LogP contribution in [-0.4, -0.2) is 62.6 Å². The highest BCUT2D eigenvalue weighted by Crippen LogP contribution is 2.47. The van der Waals surface area contributed by atoms with Gasteiger partial charge in [0.25, 0.3) is 0 Å². The number of carbonyl (C=O) groups is 2. The Morgan fingerprint density at radius 3 is 2.88 bits per heavy atom. The fraction of sp³-hybridized carbons (Fsp3) is 0.818. The number of likely N-dealkylation sites (tertiary alicyclic amines) is 1. The van der Waals surface area contributed by atoms with Gasteiger partial charge in [-0.25, -0.2) is 0 Å². The number of nitrogens with zero attached hydrogens (tertiary/aromatic N) is 2. The van der Waals surface area contributed by atoms with Crippen LogP contribution in [0.3, 0.4) is 0 Å². The molecule has 3 saturated heterocycles. The first-order chi connectivity index (χ1) is 8.01. The summed E-state index contributed by atoms with van der Waals surface area (Å²) in [6.45, 7) is 2.87. The molecule has 0 radical (unpaired) electrons. The van der Waals surface area contributed by atoms with E-state index in [0.29, 0.717) is 25.3 Å². The molecule has 3 rings (SSSR count). The standard InChI is InChI=1S/C11H16N2O3S/c1-11-3-2-9(15)13(11)8(6-17-11)10(16)12-4-7(14)5-12/h7-8,14H,2-6H2,1H3. The van der Waals surface area contributed by atoms with Gasteiger partial charge >= 0.3 is 0 Å². The third-order valence-corrected chi connectivity index (χ3v) is 5.41. The second kappa shape index (κ2) is 3.62. The lowest BCUT2D eigenvalue weighted by molar-refractivity contribution is -0.150. The number of fused-ring (bicyclic) bond motifs is 1. The summed E-state index contributed by atoms with van der Waals surface area (Å²) in [5.74, 6) is 0.784. The zero-order chi connectivity index (χ0) is 12.2. The summed E-state index contributed by atoms with van der Waals surface area (Å²) in [5.41, 5.74) is 0. The minimum Gasteiger partial charge on any atom is -0.389 e. The van der Waals surface area contributed by atoms with E-state index in [9.17, 15) is 14.7 Å². The molecule has 2 amide bonds. The molecule has 0 saturated carbocycles. The second-order valence-electron chi connectivity index (χ2n) is 5.16. The van der Waals surface area contributed by atoms with Crippen LogP contribution in [0.5, 0.6) is 0 Å². The van der Waals surface area contributed by atoms with Crippen molar-refractivity contribution in [1.29, 1.82) is 0 Å². The Hall–Kier alpha value is -0.750. The molecule has 3 heterocycles. The number of amides is 2. The Bertz CT molecular complexity index is 383. The molecule has 2 unspecified atom stereocenters. The normalized spacial score (nSPS) is 37.3. The zero-order valence-electron chi connectivity index (χ0n) is 9.76. The lowest BCUT2D eigenvalue weighted by atomic mass is 10.1. The Balaban J connectivity index is 1.76. The largest absolute Gasteiger partial charge is 0.389 e. The lowest BCUT2D eigenvalue weighted by Gasteiger charge is -2.39. The predicted molar refractivity (Wildman–Crippen MR) is 63.3 cm³/mol. The molecule has 3 fully saturated rings. The van der Waals surface area contributed by atoms with E-state index in [1.165, 1.54) is 0 Å². The van der Waals surface area contributed by atoms with Crippen molar-refractivity contribution in [3.8, 4) is 0 Å². The number of rotatable bonds is 1. The number of hydrogen-bond donors (Lipinski definition) is 1. The Kier molecular flexibility index (Phi) is 2.42. The first kappa shape index (κ1) is 11.3. The van der Waals surface area contributed by atoms with Crippen molar-refractivity contribution in [2.75, 3.05) is 18.8 Å². The van der Waals surface area contributed by atoms with Crippen molar-refractivity contribution >= 4 is 23.6 Å². The molecule has 17 heavy (non-hydrogen) atoms. The van der Waals surface area contributed by atoms with Crippen molar-refractivity contribution < 1.29 is 14.7 Å². The van der Waals surface area contributed by atoms with E-state index in [1.54, 1.807) is 21.6 Å². The summed E-state index contributed by atoms with van der Waals surface area (Å²) < 4.78 is 0. The molecule has 0 spiro atoms. The molecule has 0 aromatic rings. The molecule has 0 aliphatic carbocycles. The SMILES string of the molecule is CC12CCC(=O)N1C(C(=O)N1CC(O)C1)CS2. The molecule has 0 aromatic carbocycles. The zero-order valence-corrected chi connectivity index (χ0v) is 10.6. The summed E-state index contributed by atoms with van der Waals surface area (Å²) in [6, 6.07) is -0.313. The number of carbonyl (C=O) groups excluding carboxylic acids is 2. The fourth-order valence-electron chi connectivity index (χ4n) is 2.85. The van der Waals surface area contributed by atoms with Gasteiger partial charge in [-0.05, 0) is 13.3 Å². The van der Waals surface area contributed by atoms with Gasteiger partial charge in [0.2, 0.25) is 11.8 Å². The number of hydrogen-bond acceptors (Lipinski definition) is 4. The van der Waals surface area contributed by atoms with Crippen LogP contribution >= 0.6 is 11.8 Å². The van der Waals surface area contributed by atoms with Crippen molar-refractivity contribution in [3.05, 3.63) is 0 Å². The highest BCUT2D eigenvalue weighted by molar-refractivity contribution is 8.01. The molecule has 1 N–H and O–H groups in total. The van der Waals surface area contributed by atoms with E-state index in [1.807, 2.05) is 6.92 Å². The molecule has 94 valence electrons. The van der Waals surface area contributed by atoms with Crippen LogP contribution in [0, 0.1) is 0 Å². The van der Waals surface area contributed by atoms with Gasteiger partial charge in [-0.2, -0.15) is 0 Å². The van der Waals surface area contributed by atoms with E-state index < -0.39 is 0 Å². The van der Waals surface area contributed by atoms with Gasteiger partial charge in [-0.15, -0.1) is 11.8 Å². The van der Waals surface area contributed by atoms with Crippen LogP contribution in [-0.2, 0) is 9.59 Å². The van der Waals surface area contributed by atoms with Crippen LogP contribution in [0.25, 0.3) is 0 Å². The highest BCUT2D eigenvalue weighted by atomic mass is 32.2. The minimum absolute atomic E-state index is 0.00164. The lowest BCUT2D eigenvalue weighted by Crippen LogP contribution is -2.60. The molecular weight excluding hydrogens is 240 g/mol. The molecule has 3 aliphatic heterocycles. The van der Waals surface area contributed by atoms with Crippen molar-refractivity contribution in [2.45, 2.75) is 36.8 Å². The number of β-amino-alcohol motifs (C(OH)–C–C–N with tert-alkyl or cyclic N) is 1. The van der Waals surface area contributed by atoms with Crippen LogP contribution in [0.1, 0.15) is 19.8 Å². The van der Waals surface area contributed by atoms with E-state index in [-0.39, 0.29) is 28.8 Å². The second-order valence-corrected chi connectivity index (χ2v) is 6.66. The average Bonchev–Trinajstić information content (AvgIpc) is 2.72. The molecule has 0 bridgehead atoms. The fourth-order valence-corrected chi connectivity index (χ4v) is 4.27. The Labute approximate surface area is 104 Å². The quantitative estimate of drug-likeness (QED) is 0.696. The van der Waals surface area contributed by atoms with Gasteiger partial charge in [0.05, 0.1) is 11.0 Å². The molecule has 0 aromatic heterocycles. The van der Waals surface area contributed by atoms with E-state index in [2.05, 4.69) is 0 Å². The number of thioether (sulfide) groups is 1. The third-order valence-electron chi connectivity index (χ3n) is 3.90. The van der Waals surface area contributed by atoms with Crippen molar-refractivity contribution in [2.24, 2.45) is 0 Å². The topological polar surface area (TPSA) is 60.9 Å². The number of aliphatic hydroxyl groups is 1. The monoisotopic (exact) mass is 256 g/mol. The maximum absolute atomic E-state index is 12.2. The molecule has 3 aliphatic rings. The third kappa shape index (κ3) is 1.57. The first-order valence-electron chi connectivity index (χ1n) is 5.94. The highest BCUT2D eigenvalue weighted by Gasteiger charge is 2.54. The van der Waals surface area contributed by atoms with Gasteiger partial charge in [0, 0.05) is 25.3 Å². The van der Waals surface area contributed by atoms with Crippen LogP contribution in [0.2, 0.25) is 0 Å². The smallest absolute Gasteiger partial charge is 0.246 e. The summed E-state index contributed by atoms with van der Waals surface area (Å²) in [7, 11) is 0. The van der Waals surface area contributed by atoms with Gasteiger partial charge < -0.3 is 14.9 Å². The van der Waals surface area contributed by atoms with Gasteiger partial charge in [0.15, 0.2) is 0 Å². The summed E-state index contributed by atoms with van der Waals surface area (Å²) in [6.07, 6.45) is 1.01. The summed E-state index contributed by atoms with van der Waals surface area (Å²) in [5, 5.41) is 9.22. The maximum Gasteiger partial charge on any atom is 0.246 e. The van der Waals surface area contributed by atoms with Crippen molar-refractivity contribution in [1.82, 2.24) is 9.80 Å². The Morgan fingerprint density at radius 2 is 2.24 bits per heavy atom.